The first-order valence-electron chi connectivity index (χ1n) is 9.83. The van der Waals surface area contributed by atoms with Crippen molar-refractivity contribution in [2.45, 2.75) is 19.4 Å². The smallest absolute Gasteiger partial charge is 0.228 e. The molecule has 1 aromatic carbocycles. The highest BCUT2D eigenvalue weighted by Crippen LogP contribution is 2.25. The standard InChI is InChI=1S/C21H26N6O/c1-2-16(15-28)23-20-17-7-3-4-8-18(17)24-21(25-20)27-13-11-26(12-14-27)19-9-5-6-10-22-19/h3-10,16,28H,2,11-15H2,1H3,(H,23,24,25). The van der Waals surface area contributed by atoms with Crippen molar-refractivity contribution in [2.75, 3.05) is 47.9 Å². The fourth-order valence-electron chi connectivity index (χ4n) is 3.46. The zero-order valence-corrected chi connectivity index (χ0v) is 16.1. The Balaban J connectivity index is 1.57. The third-order valence-electron chi connectivity index (χ3n) is 5.18. The monoisotopic (exact) mass is 378 g/mol. The lowest BCUT2D eigenvalue weighted by Gasteiger charge is -2.35. The molecule has 0 saturated carbocycles. The Morgan fingerprint density at radius 3 is 2.46 bits per heavy atom. The molecule has 1 aliphatic heterocycles. The van der Waals surface area contributed by atoms with Crippen molar-refractivity contribution in [1.29, 1.82) is 0 Å². The summed E-state index contributed by atoms with van der Waals surface area (Å²) in [5.41, 5.74) is 0.912. The summed E-state index contributed by atoms with van der Waals surface area (Å²) < 4.78 is 0. The van der Waals surface area contributed by atoms with Crippen LogP contribution in [0.5, 0.6) is 0 Å². The van der Waals surface area contributed by atoms with Gasteiger partial charge in [-0.25, -0.2) is 9.97 Å². The second-order valence-electron chi connectivity index (χ2n) is 6.98. The molecule has 146 valence electrons. The minimum Gasteiger partial charge on any atom is -0.394 e. The van der Waals surface area contributed by atoms with Crippen LogP contribution < -0.4 is 15.1 Å². The first-order valence-corrected chi connectivity index (χ1v) is 9.83. The van der Waals surface area contributed by atoms with Gasteiger partial charge in [0, 0.05) is 37.8 Å². The molecule has 28 heavy (non-hydrogen) atoms. The summed E-state index contributed by atoms with van der Waals surface area (Å²) in [4.78, 5) is 18.6. The van der Waals surface area contributed by atoms with Gasteiger partial charge >= 0.3 is 0 Å². The summed E-state index contributed by atoms with van der Waals surface area (Å²) in [6, 6.07) is 14.0. The number of fused-ring (bicyclic) bond motifs is 1. The number of benzene rings is 1. The van der Waals surface area contributed by atoms with Crippen LogP contribution in [-0.2, 0) is 0 Å². The first kappa shape index (κ1) is 18.4. The number of rotatable bonds is 6. The van der Waals surface area contributed by atoms with Gasteiger partial charge in [0.2, 0.25) is 5.95 Å². The zero-order chi connectivity index (χ0) is 19.3. The van der Waals surface area contributed by atoms with Crippen molar-refractivity contribution in [2.24, 2.45) is 0 Å². The average molecular weight is 378 g/mol. The largest absolute Gasteiger partial charge is 0.394 e. The van der Waals surface area contributed by atoms with Crippen molar-refractivity contribution < 1.29 is 5.11 Å². The number of aliphatic hydroxyl groups is 1. The van der Waals surface area contributed by atoms with Crippen LogP contribution in [-0.4, -0.2) is 58.9 Å². The summed E-state index contributed by atoms with van der Waals surface area (Å²) in [5.74, 6) is 2.53. The van der Waals surface area contributed by atoms with Gasteiger partial charge in [0.25, 0.3) is 0 Å². The van der Waals surface area contributed by atoms with Crippen LogP contribution in [0.15, 0.2) is 48.7 Å². The molecule has 0 radical (unpaired) electrons. The fourth-order valence-corrected chi connectivity index (χ4v) is 3.46. The van der Waals surface area contributed by atoms with Gasteiger partial charge in [-0.05, 0) is 30.7 Å². The Bertz CT molecular complexity index is 907. The number of piperazine rings is 1. The molecule has 1 saturated heterocycles. The zero-order valence-electron chi connectivity index (χ0n) is 16.1. The SMILES string of the molecule is CCC(CO)Nc1nc(N2CCN(c3ccccn3)CC2)nc2ccccc12. The van der Waals surface area contributed by atoms with E-state index in [1.54, 1.807) is 0 Å². The number of hydrogen-bond acceptors (Lipinski definition) is 7. The van der Waals surface area contributed by atoms with Gasteiger partial charge in [-0.2, -0.15) is 4.98 Å². The second kappa shape index (κ2) is 8.39. The summed E-state index contributed by atoms with van der Waals surface area (Å²) in [7, 11) is 0. The third-order valence-corrected chi connectivity index (χ3v) is 5.18. The number of pyridine rings is 1. The van der Waals surface area contributed by atoms with Gasteiger partial charge in [-0.15, -0.1) is 0 Å². The number of aliphatic hydroxyl groups excluding tert-OH is 1. The first-order chi connectivity index (χ1) is 13.8. The van der Waals surface area contributed by atoms with Gasteiger partial charge in [0.15, 0.2) is 0 Å². The molecular weight excluding hydrogens is 352 g/mol. The normalized spacial score (nSPS) is 15.6. The van der Waals surface area contributed by atoms with Crippen LogP contribution in [0.4, 0.5) is 17.6 Å². The van der Waals surface area contributed by atoms with E-state index >= 15 is 0 Å². The van der Waals surface area contributed by atoms with E-state index in [1.165, 1.54) is 0 Å². The van der Waals surface area contributed by atoms with Crippen molar-refractivity contribution in [3.63, 3.8) is 0 Å². The van der Waals surface area contributed by atoms with Crippen LogP contribution in [0.2, 0.25) is 0 Å². The summed E-state index contributed by atoms with van der Waals surface area (Å²) in [6.45, 7) is 5.56. The molecule has 3 aromatic rings. The molecular formula is C21H26N6O. The molecule has 1 fully saturated rings. The van der Waals surface area contributed by atoms with Gasteiger partial charge in [-0.3, -0.25) is 0 Å². The molecule has 0 amide bonds. The van der Waals surface area contributed by atoms with Gasteiger partial charge in [0.05, 0.1) is 18.2 Å². The molecule has 0 spiro atoms. The Kier molecular flexibility index (Phi) is 5.53. The maximum Gasteiger partial charge on any atom is 0.228 e. The van der Waals surface area contributed by atoms with Crippen molar-refractivity contribution in [3.8, 4) is 0 Å². The highest BCUT2D eigenvalue weighted by atomic mass is 16.3. The van der Waals surface area contributed by atoms with E-state index in [1.807, 2.05) is 48.7 Å². The molecule has 1 atom stereocenters. The van der Waals surface area contributed by atoms with Crippen molar-refractivity contribution in [3.05, 3.63) is 48.7 Å². The molecule has 2 N–H and O–H groups in total. The lowest BCUT2D eigenvalue weighted by Crippen LogP contribution is -2.47. The number of nitrogens with zero attached hydrogens (tertiary/aromatic N) is 5. The van der Waals surface area contributed by atoms with E-state index < -0.39 is 0 Å². The van der Waals surface area contributed by atoms with Crippen molar-refractivity contribution >= 4 is 28.5 Å². The Hall–Kier alpha value is -2.93. The van der Waals surface area contributed by atoms with E-state index in [0.717, 1.165) is 61.1 Å². The van der Waals surface area contributed by atoms with Crippen LogP contribution in [0.1, 0.15) is 13.3 Å². The average Bonchev–Trinajstić information content (AvgIpc) is 2.78. The molecule has 2 aromatic heterocycles. The molecule has 7 heteroatoms. The van der Waals surface area contributed by atoms with Crippen molar-refractivity contribution in [1.82, 2.24) is 15.0 Å². The minimum atomic E-state index is -0.0211. The van der Waals surface area contributed by atoms with Gasteiger partial charge in [0.1, 0.15) is 11.6 Å². The topological polar surface area (TPSA) is 77.4 Å². The Morgan fingerprint density at radius 1 is 1.00 bits per heavy atom. The quantitative estimate of drug-likeness (QED) is 0.682. The number of anilines is 3. The number of hydrogen-bond donors (Lipinski definition) is 2. The predicted molar refractivity (Wildman–Crippen MR) is 113 cm³/mol. The Labute approximate surface area is 165 Å². The molecule has 1 aliphatic rings. The maximum atomic E-state index is 9.59. The van der Waals surface area contributed by atoms with E-state index in [4.69, 9.17) is 9.97 Å². The predicted octanol–water partition coefficient (Wildman–Crippen LogP) is 2.53. The Morgan fingerprint density at radius 2 is 1.75 bits per heavy atom. The lowest BCUT2D eigenvalue weighted by atomic mass is 10.2. The molecule has 7 nitrogen and oxygen atoms in total. The summed E-state index contributed by atoms with van der Waals surface area (Å²) in [5, 5.41) is 14.0. The lowest BCUT2D eigenvalue weighted by molar-refractivity contribution is 0.271. The number of nitrogens with one attached hydrogen (secondary N) is 1. The molecule has 3 heterocycles. The van der Waals surface area contributed by atoms with Gasteiger partial charge in [-0.1, -0.05) is 25.1 Å². The minimum absolute atomic E-state index is 0.0211. The maximum absolute atomic E-state index is 9.59. The molecule has 4 rings (SSSR count). The van der Waals surface area contributed by atoms with Crippen LogP contribution in [0, 0.1) is 0 Å². The molecule has 0 bridgehead atoms. The number of para-hydroxylation sites is 1. The van der Waals surface area contributed by atoms with E-state index in [-0.39, 0.29) is 12.6 Å². The van der Waals surface area contributed by atoms with E-state index in [2.05, 4.69) is 27.0 Å². The number of aromatic nitrogens is 3. The highest BCUT2D eigenvalue weighted by Gasteiger charge is 2.21. The van der Waals surface area contributed by atoms with Crippen LogP contribution >= 0.6 is 0 Å². The van der Waals surface area contributed by atoms with E-state index in [9.17, 15) is 5.11 Å². The van der Waals surface area contributed by atoms with Crippen LogP contribution in [0.25, 0.3) is 10.9 Å². The van der Waals surface area contributed by atoms with E-state index in [0.29, 0.717) is 0 Å². The fraction of sp³-hybridized carbons (Fsp3) is 0.381. The molecule has 1 unspecified atom stereocenters. The summed E-state index contributed by atoms with van der Waals surface area (Å²) >= 11 is 0. The third kappa shape index (κ3) is 3.84. The summed E-state index contributed by atoms with van der Waals surface area (Å²) in [6.07, 6.45) is 2.66. The second-order valence-corrected chi connectivity index (χ2v) is 6.98. The van der Waals surface area contributed by atoms with Crippen LogP contribution in [0.3, 0.4) is 0 Å². The highest BCUT2D eigenvalue weighted by molar-refractivity contribution is 5.90. The van der Waals surface area contributed by atoms with Gasteiger partial charge < -0.3 is 20.2 Å². The molecule has 0 aliphatic carbocycles.